The van der Waals surface area contributed by atoms with Gasteiger partial charge in [-0.25, -0.2) is 4.39 Å². The lowest BCUT2D eigenvalue weighted by Gasteiger charge is -2.24. The summed E-state index contributed by atoms with van der Waals surface area (Å²) in [4.78, 5) is 10.1. The number of pyridine rings is 1. The number of fused-ring (bicyclic) bond motifs is 1. The molecule has 4 rings (SSSR count). The molecule has 1 N–H and O–H groups in total. The number of H-pyrrole nitrogens is 1. The molecule has 1 aromatic carbocycles. The topological polar surface area (TPSA) is 70.1 Å². The minimum absolute atomic E-state index is 0.0574. The number of benzene rings is 1. The van der Waals surface area contributed by atoms with Gasteiger partial charge in [0.15, 0.2) is 5.69 Å². The molecule has 3 aromatic rings. The van der Waals surface area contributed by atoms with Gasteiger partial charge in [-0.3, -0.25) is 9.98 Å². The van der Waals surface area contributed by atoms with E-state index in [2.05, 4.69) is 26.9 Å². The molecule has 10 heteroatoms. The highest BCUT2D eigenvalue weighted by Crippen LogP contribution is 2.37. The van der Waals surface area contributed by atoms with Crippen molar-refractivity contribution < 1.29 is 17.6 Å². The lowest BCUT2D eigenvalue weighted by molar-refractivity contribution is -0.140. The molecule has 0 radical (unpaired) electrons. The van der Waals surface area contributed by atoms with Gasteiger partial charge < -0.3 is 4.90 Å². The Kier molecular flexibility index (Phi) is 5.30. The zero-order valence-corrected chi connectivity index (χ0v) is 16.5. The summed E-state index contributed by atoms with van der Waals surface area (Å²) in [5, 5.41) is 8.88. The third-order valence-corrected chi connectivity index (χ3v) is 5.25. The summed E-state index contributed by atoms with van der Waals surface area (Å²) in [5.74, 6) is -0.299. The Bertz CT molecular complexity index is 1150. The van der Waals surface area contributed by atoms with Crippen LogP contribution >= 0.6 is 0 Å². The van der Waals surface area contributed by atoms with E-state index in [-0.39, 0.29) is 23.1 Å². The lowest BCUT2D eigenvalue weighted by Crippen LogP contribution is -2.17. The first-order chi connectivity index (χ1) is 14.8. The molecule has 0 saturated heterocycles. The monoisotopic (exact) mass is 430 g/mol. The van der Waals surface area contributed by atoms with E-state index in [0.717, 1.165) is 24.0 Å². The molecule has 6 nitrogen and oxygen atoms in total. The molecule has 1 atom stereocenters. The molecule has 0 aliphatic heterocycles. The summed E-state index contributed by atoms with van der Waals surface area (Å²) in [7, 11) is 1.83. The summed E-state index contributed by atoms with van der Waals surface area (Å²) in [6, 6.07) is 7.57. The molecule has 0 bridgehead atoms. The van der Waals surface area contributed by atoms with Crippen molar-refractivity contribution in [2.75, 3.05) is 7.05 Å². The lowest BCUT2D eigenvalue weighted by atomic mass is 10.1. The van der Waals surface area contributed by atoms with Gasteiger partial charge in [0, 0.05) is 25.0 Å². The number of rotatable bonds is 5. The van der Waals surface area contributed by atoms with Crippen molar-refractivity contribution in [1.29, 1.82) is 0 Å². The number of aromatic nitrogens is 4. The Labute approximate surface area is 175 Å². The van der Waals surface area contributed by atoms with E-state index in [4.69, 9.17) is 0 Å². The van der Waals surface area contributed by atoms with Crippen LogP contribution in [0.4, 0.5) is 17.6 Å². The second kappa shape index (κ2) is 7.93. The first kappa shape index (κ1) is 20.7. The molecule has 1 aliphatic carbocycles. The first-order valence-electron chi connectivity index (χ1n) is 9.41. The molecule has 2 aromatic heterocycles. The Morgan fingerprint density at radius 2 is 2.06 bits per heavy atom. The largest absolute Gasteiger partial charge is 0.437 e. The smallest absolute Gasteiger partial charge is 0.372 e. The van der Waals surface area contributed by atoms with Crippen LogP contribution in [0.2, 0.25) is 0 Å². The predicted octanol–water partition coefficient (Wildman–Crippen LogP) is 4.64. The maximum atomic E-state index is 13.7. The van der Waals surface area contributed by atoms with Crippen molar-refractivity contribution in [2.24, 2.45) is 4.99 Å². The summed E-state index contributed by atoms with van der Waals surface area (Å²) < 4.78 is 53.2. The van der Waals surface area contributed by atoms with E-state index in [0.29, 0.717) is 11.4 Å². The van der Waals surface area contributed by atoms with E-state index in [1.54, 1.807) is 12.3 Å². The van der Waals surface area contributed by atoms with Crippen LogP contribution in [0.25, 0.3) is 17.0 Å². The summed E-state index contributed by atoms with van der Waals surface area (Å²) in [5.41, 5.74) is 1.44. The van der Waals surface area contributed by atoms with Crippen LogP contribution in [0.1, 0.15) is 35.0 Å². The molecular weight excluding hydrogens is 412 g/mol. The van der Waals surface area contributed by atoms with Crippen LogP contribution in [0.3, 0.4) is 0 Å². The predicted molar refractivity (Wildman–Crippen MR) is 107 cm³/mol. The molecule has 160 valence electrons. The van der Waals surface area contributed by atoms with Crippen molar-refractivity contribution in [3.05, 3.63) is 71.1 Å². The number of aryl methyl sites for hydroxylation is 1. The average Bonchev–Trinajstić information content (AvgIpc) is 3.39. The number of nitrogens with one attached hydrogen (secondary N) is 1. The quantitative estimate of drug-likeness (QED) is 0.473. The maximum absolute atomic E-state index is 13.7. The van der Waals surface area contributed by atoms with Gasteiger partial charge in [0.25, 0.3) is 0 Å². The number of hydrogen-bond donors (Lipinski definition) is 1. The number of hydrogen-bond acceptors (Lipinski definition) is 5. The zero-order chi connectivity index (χ0) is 22.2. The minimum atomic E-state index is -4.65. The number of aliphatic imine (C=N–C) groups is 1. The van der Waals surface area contributed by atoms with Crippen LogP contribution in [0, 0.1) is 5.82 Å². The van der Waals surface area contributed by atoms with Gasteiger partial charge in [0.1, 0.15) is 17.2 Å². The molecule has 0 spiro atoms. The molecular formula is C21H18F4N6. The number of nitrogens with zero attached hydrogens (tertiary/aromatic N) is 5. The van der Waals surface area contributed by atoms with E-state index in [9.17, 15) is 17.6 Å². The Hall–Kier alpha value is -3.56. The van der Waals surface area contributed by atoms with Gasteiger partial charge in [-0.2, -0.15) is 28.6 Å². The summed E-state index contributed by atoms with van der Waals surface area (Å²) in [6.45, 7) is 3.57. The zero-order valence-electron chi connectivity index (χ0n) is 16.5. The van der Waals surface area contributed by atoms with Gasteiger partial charge >= 0.3 is 6.18 Å². The third-order valence-electron chi connectivity index (χ3n) is 5.25. The highest BCUT2D eigenvalue weighted by atomic mass is 19.4. The fraction of sp³-hybridized carbons (Fsp3) is 0.238. The highest BCUT2D eigenvalue weighted by molar-refractivity contribution is 5.71. The summed E-state index contributed by atoms with van der Waals surface area (Å²) >= 11 is 0. The van der Waals surface area contributed by atoms with E-state index in [1.165, 1.54) is 30.5 Å². The third kappa shape index (κ3) is 4.05. The Morgan fingerprint density at radius 1 is 1.26 bits per heavy atom. The van der Waals surface area contributed by atoms with Crippen molar-refractivity contribution in [3.63, 3.8) is 0 Å². The molecule has 0 saturated carbocycles. The van der Waals surface area contributed by atoms with Crippen LogP contribution in [-0.4, -0.2) is 39.1 Å². The fourth-order valence-corrected chi connectivity index (χ4v) is 3.79. The van der Waals surface area contributed by atoms with Gasteiger partial charge in [0.05, 0.1) is 11.7 Å². The second-order valence-electron chi connectivity index (χ2n) is 7.18. The molecule has 1 unspecified atom stereocenters. The van der Waals surface area contributed by atoms with E-state index >= 15 is 0 Å². The SMILES string of the molecule is C=N/C(=C\N(C)C1CCc2ccc(F)cc21)c1cc(-c2n[nH]nc2C(F)(F)F)ccn1. The van der Waals surface area contributed by atoms with Crippen molar-refractivity contribution in [2.45, 2.75) is 25.1 Å². The highest BCUT2D eigenvalue weighted by Gasteiger charge is 2.38. The van der Waals surface area contributed by atoms with Crippen LogP contribution in [0.15, 0.2) is 47.7 Å². The minimum Gasteiger partial charge on any atom is -0.372 e. The van der Waals surface area contributed by atoms with Gasteiger partial charge in [-0.15, -0.1) is 0 Å². The molecule has 2 heterocycles. The standard InChI is InChI=1S/C21H18F4N6/c1-26-17(11-31(2)18-6-4-12-3-5-14(22)10-15(12)18)16-9-13(7-8-27-16)19-20(21(23,24)25)29-30-28-19/h3,5,7-11,18H,1,4,6H2,2H3,(H,28,29,30)/b17-11-. The van der Waals surface area contributed by atoms with Gasteiger partial charge in [-0.1, -0.05) is 6.07 Å². The molecule has 0 fully saturated rings. The van der Waals surface area contributed by atoms with Gasteiger partial charge in [-0.05, 0) is 55.0 Å². The molecule has 31 heavy (non-hydrogen) atoms. The number of aromatic amines is 1. The average molecular weight is 430 g/mol. The Morgan fingerprint density at radius 3 is 2.81 bits per heavy atom. The molecule has 1 aliphatic rings. The van der Waals surface area contributed by atoms with E-state index < -0.39 is 11.9 Å². The number of halogens is 4. The normalized spacial score (nSPS) is 16.3. The van der Waals surface area contributed by atoms with Crippen molar-refractivity contribution in [1.82, 2.24) is 25.3 Å². The maximum Gasteiger partial charge on any atom is 0.437 e. The summed E-state index contributed by atoms with van der Waals surface area (Å²) in [6.07, 6.45) is 0.0650. The van der Waals surface area contributed by atoms with Gasteiger partial charge in [0.2, 0.25) is 0 Å². The fourth-order valence-electron chi connectivity index (χ4n) is 3.79. The number of alkyl halides is 3. The van der Waals surface area contributed by atoms with Crippen molar-refractivity contribution >= 4 is 12.4 Å². The Balaban J connectivity index is 1.66. The van der Waals surface area contributed by atoms with Crippen LogP contribution in [0.5, 0.6) is 0 Å². The van der Waals surface area contributed by atoms with Crippen LogP contribution < -0.4 is 0 Å². The van der Waals surface area contributed by atoms with E-state index in [1.807, 2.05) is 17.2 Å². The van der Waals surface area contributed by atoms with Crippen LogP contribution in [-0.2, 0) is 12.6 Å². The second-order valence-corrected chi connectivity index (χ2v) is 7.18. The first-order valence-corrected chi connectivity index (χ1v) is 9.41. The molecule has 0 amide bonds. The van der Waals surface area contributed by atoms with Crippen molar-refractivity contribution in [3.8, 4) is 11.3 Å².